The van der Waals surface area contributed by atoms with Gasteiger partial charge in [-0.3, -0.25) is 0 Å². The maximum absolute atomic E-state index is 12.5. The second kappa shape index (κ2) is 4.72. The average molecular weight is 198 g/mol. The molecule has 0 aliphatic carbocycles. The number of ether oxygens (including phenoxy) is 1. The molecule has 0 bridgehead atoms. The predicted molar refractivity (Wildman–Crippen MR) is 48.1 cm³/mol. The highest BCUT2D eigenvalue weighted by Crippen LogP contribution is 2.06. The fourth-order valence-electron chi connectivity index (χ4n) is 1.06. The number of aliphatic hydroxyl groups excluding tert-OH is 1. The summed E-state index contributed by atoms with van der Waals surface area (Å²) in [5.74, 6) is -1.03. The quantitative estimate of drug-likeness (QED) is 0.734. The summed E-state index contributed by atoms with van der Waals surface area (Å²) in [5.41, 5.74) is 0.685. The first kappa shape index (κ1) is 10.7. The highest BCUT2D eigenvalue weighted by Gasteiger charge is 2.15. The molecule has 0 unspecified atom stereocenters. The van der Waals surface area contributed by atoms with Crippen LogP contribution in [0.25, 0.3) is 0 Å². The van der Waals surface area contributed by atoms with Crippen molar-refractivity contribution in [3.8, 4) is 0 Å². The van der Waals surface area contributed by atoms with Crippen LogP contribution in [0.3, 0.4) is 0 Å². The second-order valence-electron chi connectivity index (χ2n) is 2.87. The molecule has 1 aromatic carbocycles. The molecule has 0 radical (unpaired) electrons. The molecule has 0 fully saturated rings. The zero-order chi connectivity index (χ0) is 10.6. The lowest BCUT2D eigenvalue weighted by Crippen LogP contribution is -2.24. The van der Waals surface area contributed by atoms with E-state index in [4.69, 9.17) is 0 Å². The van der Waals surface area contributed by atoms with Crippen molar-refractivity contribution in [2.75, 3.05) is 7.11 Å². The van der Waals surface area contributed by atoms with E-state index in [2.05, 4.69) is 4.74 Å². The second-order valence-corrected chi connectivity index (χ2v) is 2.87. The van der Waals surface area contributed by atoms with Crippen molar-refractivity contribution in [3.63, 3.8) is 0 Å². The molecule has 0 saturated carbocycles. The average Bonchev–Trinajstić information content (AvgIpc) is 2.20. The Morgan fingerprint density at radius 1 is 1.50 bits per heavy atom. The summed E-state index contributed by atoms with van der Waals surface area (Å²) in [6, 6.07) is 5.58. The monoisotopic (exact) mass is 198 g/mol. The van der Waals surface area contributed by atoms with Gasteiger partial charge in [-0.2, -0.15) is 0 Å². The molecule has 1 atom stereocenters. The lowest BCUT2D eigenvalue weighted by atomic mass is 10.1. The van der Waals surface area contributed by atoms with Gasteiger partial charge in [0.1, 0.15) is 5.82 Å². The van der Waals surface area contributed by atoms with E-state index in [0.29, 0.717) is 5.56 Å². The van der Waals surface area contributed by atoms with E-state index in [0.717, 1.165) is 0 Å². The molecule has 0 amide bonds. The number of esters is 1. The summed E-state index contributed by atoms with van der Waals surface area (Å²) in [4.78, 5) is 10.8. The Labute approximate surface area is 81.1 Å². The predicted octanol–water partition coefficient (Wildman–Crippen LogP) is 0.902. The maximum Gasteiger partial charge on any atom is 0.335 e. The number of carbonyl (C=O) groups excluding carboxylic acids is 1. The summed E-state index contributed by atoms with van der Waals surface area (Å²) in [6.45, 7) is 0. The number of methoxy groups -OCH3 is 1. The smallest absolute Gasteiger partial charge is 0.335 e. The Kier molecular flexibility index (Phi) is 3.59. The van der Waals surface area contributed by atoms with Gasteiger partial charge in [-0.15, -0.1) is 0 Å². The Morgan fingerprint density at radius 3 is 2.57 bits per heavy atom. The lowest BCUT2D eigenvalue weighted by Gasteiger charge is -2.07. The summed E-state index contributed by atoms with van der Waals surface area (Å²) >= 11 is 0. The maximum atomic E-state index is 12.5. The summed E-state index contributed by atoms with van der Waals surface area (Å²) in [7, 11) is 1.20. The molecule has 0 aliphatic rings. The van der Waals surface area contributed by atoms with Gasteiger partial charge in [0.05, 0.1) is 7.11 Å². The first-order valence-electron chi connectivity index (χ1n) is 4.14. The molecule has 1 aromatic rings. The highest BCUT2D eigenvalue weighted by molar-refractivity contribution is 5.74. The summed E-state index contributed by atoms with van der Waals surface area (Å²) in [6.07, 6.45) is -1.06. The number of aliphatic hydroxyl groups is 1. The molecule has 1 rings (SSSR count). The fraction of sp³-hybridized carbons (Fsp3) is 0.300. The number of hydrogen-bond donors (Lipinski definition) is 1. The number of rotatable bonds is 3. The van der Waals surface area contributed by atoms with Gasteiger partial charge in [-0.1, -0.05) is 12.1 Å². The molecular weight excluding hydrogens is 187 g/mol. The molecule has 76 valence electrons. The molecule has 0 heterocycles. The van der Waals surface area contributed by atoms with Crippen LogP contribution in [0, 0.1) is 5.82 Å². The molecule has 0 aliphatic heterocycles. The van der Waals surface area contributed by atoms with Crippen LogP contribution in [-0.2, 0) is 16.0 Å². The SMILES string of the molecule is COC(=O)[C@@H](O)Cc1ccc(F)cc1. The molecule has 0 spiro atoms. The minimum Gasteiger partial charge on any atom is -0.467 e. The summed E-state index contributed by atoms with van der Waals surface area (Å²) < 4.78 is 16.8. The molecule has 0 saturated heterocycles. The largest absolute Gasteiger partial charge is 0.467 e. The van der Waals surface area contributed by atoms with E-state index in [1.165, 1.54) is 31.4 Å². The molecule has 1 N–H and O–H groups in total. The van der Waals surface area contributed by atoms with Crippen molar-refractivity contribution in [1.82, 2.24) is 0 Å². The highest BCUT2D eigenvalue weighted by atomic mass is 19.1. The normalized spacial score (nSPS) is 12.2. The lowest BCUT2D eigenvalue weighted by molar-refractivity contribution is -0.150. The number of hydrogen-bond acceptors (Lipinski definition) is 3. The van der Waals surface area contributed by atoms with Crippen LogP contribution in [0.5, 0.6) is 0 Å². The van der Waals surface area contributed by atoms with Gasteiger partial charge in [0.15, 0.2) is 6.10 Å². The molecule has 0 aromatic heterocycles. The van der Waals surface area contributed by atoms with Crippen molar-refractivity contribution >= 4 is 5.97 Å². The van der Waals surface area contributed by atoms with Gasteiger partial charge in [-0.25, -0.2) is 9.18 Å². The van der Waals surface area contributed by atoms with Crippen molar-refractivity contribution in [1.29, 1.82) is 0 Å². The van der Waals surface area contributed by atoms with Crippen LogP contribution in [-0.4, -0.2) is 24.3 Å². The Balaban J connectivity index is 2.60. The molecule has 4 heteroatoms. The van der Waals surface area contributed by atoms with Crippen LogP contribution < -0.4 is 0 Å². The van der Waals surface area contributed by atoms with E-state index in [9.17, 15) is 14.3 Å². The van der Waals surface area contributed by atoms with E-state index in [-0.39, 0.29) is 12.2 Å². The minimum absolute atomic E-state index is 0.132. The number of carbonyl (C=O) groups is 1. The molecular formula is C10H11FO3. The van der Waals surface area contributed by atoms with E-state index in [1.54, 1.807) is 0 Å². The van der Waals surface area contributed by atoms with Crippen molar-refractivity contribution in [2.24, 2.45) is 0 Å². The van der Waals surface area contributed by atoms with Gasteiger partial charge in [0, 0.05) is 6.42 Å². The third-order valence-corrected chi connectivity index (χ3v) is 1.82. The van der Waals surface area contributed by atoms with Crippen LogP contribution in [0.15, 0.2) is 24.3 Å². The number of halogens is 1. The first-order valence-corrected chi connectivity index (χ1v) is 4.14. The standard InChI is InChI=1S/C10H11FO3/c1-14-10(13)9(12)6-7-2-4-8(11)5-3-7/h2-5,9,12H,6H2,1H3/t9-/m0/s1. The van der Waals surface area contributed by atoms with Gasteiger partial charge in [0.2, 0.25) is 0 Å². The van der Waals surface area contributed by atoms with Crippen LogP contribution in [0.2, 0.25) is 0 Å². The van der Waals surface area contributed by atoms with Crippen LogP contribution in [0.1, 0.15) is 5.56 Å². The molecule has 3 nitrogen and oxygen atoms in total. The summed E-state index contributed by atoms with van der Waals surface area (Å²) in [5, 5.41) is 9.27. The molecule has 14 heavy (non-hydrogen) atoms. The Bertz CT molecular complexity index is 308. The van der Waals surface area contributed by atoms with Gasteiger partial charge < -0.3 is 9.84 Å². The van der Waals surface area contributed by atoms with Crippen LogP contribution in [0.4, 0.5) is 4.39 Å². The zero-order valence-electron chi connectivity index (χ0n) is 7.74. The number of benzene rings is 1. The topological polar surface area (TPSA) is 46.5 Å². The van der Waals surface area contributed by atoms with Crippen molar-refractivity contribution in [3.05, 3.63) is 35.6 Å². The zero-order valence-corrected chi connectivity index (χ0v) is 7.74. The third kappa shape index (κ3) is 2.81. The van der Waals surface area contributed by atoms with Gasteiger partial charge in [-0.05, 0) is 17.7 Å². The first-order chi connectivity index (χ1) is 6.63. The Morgan fingerprint density at radius 2 is 2.07 bits per heavy atom. The van der Waals surface area contributed by atoms with E-state index < -0.39 is 12.1 Å². The van der Waals surface area contributed by atoms with Gasteiger partial charge >= 0.3 is 5.97 Å². The van der Waals surface area contributed by atoms with Gasteiger partial charge in [0.25, 0.3) is 0 Å². The van der Waals surface area contributed by atoms with Crippen molar-refractivity contribution < 1.29 is 19.0 Å². The van der Waals surface area contributed by atoms with E-state index in [1.807, 2.05) is 0 Å². The van der Waals surface area contributed by atoms with Crippen LogP contribution >= 0.6 is 0 Å². The fourth-order valence-corrected chi connectivity index (χ4v) is 1.06. The van der Waals surface area contributed by atoms with Crippen molar-refractivity contribution in [2.45, 2.75) is 12.5 Å². The minimum atomic E-state index is -1.19. The van der Waals surface area contributed by atoms with E-state index >= 15 is 0 Å². The Hall–Kier alpha value is -1.42. The third-order valence-electron chi connectivity index (χ3n) is 1.82.